The summed E-state index contributed by atoms with van der Waals surface area (Å²) in [6.45, 7) is 6.70. The maximum absolute atomic E-state index is 13.5. The summed E-state index contributed by atoms with van der Waals surface area (Å²) >= 11 is 0. The number of hydrogen-bond acceptors (Lipinski definition) is 5. The molecule has 0 heterocycles. The molecule has 0 radical (unpaired) electrons. The van der Waals surface area contributed by atoms with Crippen LogP contribution in [-0.4, -0.2) is 32.3 Å². The summed E-state index contributed by atoms with van der Waals surface area (Å²) in [5, 5.41) is 3.39. The van der Waals surface area contributed by atoms with Gasteiger partial charge < -0.3 is 19.5 Å². The number of methoxy groups -OCH3 is 2. The molecule has 0 spiro atoms. The molecule has 1 N–H and O–H groups in total. The van der Waals surface area contributed by atoms with Crippen molar-refractivity contribution in [1.29, 1.82) is 0 Å². The normalized spacial score (nSPS) is 21.6. The summed E-state index contributed by atoms with van der Waals surface area (Å²) in [5.41, 5.74) is 1.82. The summed E-state index contributed by atoms with van der Waals surface area (Å²) in [7, 11) is 3.28. The molecule has 2 aromatic rings. The molecule has 5 nitrogen and oxygen atoms in total. The van der Waals surface area contributed by atoms with Crippen molar-refractivity contribution in [2.24, 2.45) is 17.8 Å². The van der Waals surface area contributed by atoms with E-state index in [0.29, 0.717) is 29.9 Å². The Kier molecular flexibility index (Phi) is 8.43. The van der Waals surface area contributed by atoms with Gasteiger partial charge in [-0.3, -0.25) is 0 Å². The van der Waals surface area contributed by atoms with Gasteiger partial charge in [-0.05, 0) is 60.4 Å². The Morgan fingerprint density at radius 3 is 2.41 bits per heavy atom. The van der Waals surface area contributed by atoms with Gasteiger partial charge in [-0.15, -0.1) is 0 Å². The van der Waals surface area contributed by atoms with E-state index in [0.717, 1.165) is 29.8 Å². The number of ether oxygens (including phenoxy) is 3. The van der Waals surface area contributed by atoms with Crippen LogP contribution in [0.5, 0.6) is 11.5 Å². The maximum atomic E-state index is 13.5. The second kappa shape index (κ2) is 11.3. The Balaban J connectivity index is 1.81. The molecule has 0 unspecified atom stereocenters. The monoisotopic (exact) mass is 439 g/mol. The van der Waals surface area contributed by atoms with E-state index in [1.54, 1.807) is 14.2 Å². The van der Waals surface area contributed by atoms with Crippen molar-refractivity contribution in [3.8, 4) is 11.5 Å². The summed E-state index contributed by atoms with van der Waals surface area (Å²) in [4.78, 5) is 13.5. The van der Waals surface area contributed by atoms with E-state index in [2.05, 4.69) is 26.1 Å². The van der Waals surface area contributed by atoms with Crippen LogP contribution >= 0.6 is 0 Å². The Hall–Kier alpha value is -2.69. The molecule has 32 heavy (non-hydrogen) atoms. The Bertz CT molecular complexity index is 864. The molecule has 1 saturated carbocycles. The highest BCUT2D eigenvalue weighted by atomic mass is 16.5. The molecule has 0 aliphatic heterocycles. The van der Waals surface area contributed by atoms with Crippen molar-refractivity contribution in [2.45, 2.75) is 58.6 Å². The van der Waals surface area contributed by atoms with E-state index in [1.807, 2.05) is 48.5 Å². The van der Waals surface area contributed by atoms with Gasteiger partial charge in [0.05, 0.1) is 19.9 Å². The number of carbonyl (C=O) groups is 1. The van der Waals surface area contributed by atoms with Gasteiger partial charge in [0, 0.05) is 6.42 Å². The number of carbonyl (C=O) groups excluding carboxylic acids is 1. The zero-order valence-electron chi connectivity index (χ0n) is 20.0. The van der Waals surface area contributed by atoms with Crippen molar-refractivity contribution in [1.82, 2.24) is 0 Å². The van der Waals surface area contributed by atoms with Crippen LogP contribution in [0.1, 0.15) is 45.6 Å². The molecule has 1 fully saturated rings. The van der Waals surface area contributed by atoms with Gasteiger partial charge in [0.2, 0.25) is 0 Å². The van der Waals surface area contributed by atoms with Crippen LogP contribution in [0.15, 0.2) is 48.5 Å². The second-order valence-corrected chi connectivity index (χ2v) is 9.25. The number of hydrogen-bond donors (Lipinski definition) is 1. The fourth-order valence-electron chi connectivity index (χ4n) is 4.62. The second-order valence-electron chi connectivity index (χ2n) is 9.25. The van der Waals surface area contributed by atoms with Crippen LogP contribution in [0, 0.1) is 17.8 Å². The van der Waals surface area contributed by atoms with E-state index in [-0.39, 0.29) is 12.1 Å². The quantitative estimate of drug-likeness (QED) is 0.506. The molecule has 0 amide bonds. The van der Waals surface area contributed by atoms with Crippen molar-refractivity contribution < 1.29 is 19.0 Å². The lowest BCUT2D eigenvalue weighted by Crippen LogP contribution is -2.41. The standard InChI is InChI=1S/C27H37NO4/c1-18(2)22-15-10-19(3)16-26(22)32-27(29)24(17-20-11-13-21(30-4)14-12-20)28-23-8-6-7-9-25(23)31-5/h6-9,11-14,18-19,22,24,26,28H,10,15-17H2,1-5H3/t19-,22+,24+,26-/m1/s1. The maximum Gasteiger partial charge on any atom is 0.329 e. The number of esters is 1. The highest BCUT2D eigenvalue weighted by Gasteiger charge is 2.35. The third kappa shape index (κ3) is 6.18. The van der Waals surface area contributed by atoms with Gasteiger partial charge in [-0.2, -0.15) is 0 Å². The van der Waals surface area contributed by atoms with Crippen LogP contribution in [-0.2, 0) is 16.0 Å². The van der Waals surface area contributed by atoms with Crippen molar-refractivity contribution in [2.75, 3.05) is 19.5 Å². The Labute approximate surface area is 192 Å². The molecule has 174 valence electrons. The average molecular weight is 440 g/mol. The highest BCUT2D eigenvalue weighted by Crippen LogP contribution is 2.36. The Morgan fingerprint density at radius 2 is 1.75 bits per heavy atom. The molecule has 0 bridgehead atoms. The fraction of sp³-hybridized carbons (Fsp3) is 0.519. The molecule has 0 saturated heterocycles. The fourth-order valence-corrected chi connectivity index (χ4v) is 4.62. The zero-order valence-corrected chi connectivity index (χ0v) is 20.0. The number of para-hydroxylation sites is 2. The molecule has 3 rings (SSSR count). The third-order valence-electron chi connectivity index (χ3n) is 6.55. The van der Waals surface area contributed by atoms with Gasteiger partial charge >= 0.3 is 5.97 Å². The molecule has 1 aliphatic rings. The van der Waals surface area contributed by atoms with E-state index < -0.39 is 6.04 Å². The van der Waals surface area contributed by atoms with Crippen molar-refractivity contribution in [3.05, 3.63) is 54.1 Å². The first-order valence-electron chi connectivity index (χ1n) is 11.6. The SMILES string of the molecule is COc1ccc(C[C@H](Nc2ccccc2OC)C(=O)O[C@@H]2C[C@H](C)CC[C@H]2C(C)C)cc1. The van der Waals surface area contributed by atoms with E-state index in [1.165, 1.54) is 6.42 Å². The highest BCUT2D eigenvalue weighted by molar-refractivity contribution is 5.80. The first-order valence-corrected chi connectivity index (χ1v) is 11.6. The predicted molar refractivity (Wildman–Crippen MR) is 128 cm³/mol. The Morgan fingerprint density at radius 1 is 1.03 bits per heavy atom. The first kappa shape index (κ1) is 24.0. The van der Waals surface area contributed by atoms with Gasteiger partial charge in [-0.25, -0.2) is 4.79 Å². The summed E-state index contributed by atoms with van der Waals surface area (Å²) < 4.78 is 17.0. The lowest BCUT2D eigenvalue weighted by atomic mass is 9.75. The first-order chi connectivity index (χ1) is 15.4. The van der Waals surface area contributed by atoms with Crippen LogP contribution in [0.3, 0.4) is 0 Å². The summed E-state index contributed by atoms with van der Waals surface area (Å²) in [6.07, 6.45) is 3.71. The molecule has 4 atom stereocenters. The predicted octanol–water partition coefficient (Wildman–Crippen LogP) is 5.73. The number of benzene rings is 2. The zero-order chi connectivity index (χ0) is 23.1. The minimum Gasteiger partial charge on any atom is -0.497 e. The number of rotatable bonds is 9. The van der Waals surface area contributed by atoms with Crippen LogP contribution < -0.4 is 14.8 Å². The van der Waals surface area contributed by atoms with Gasteiger partial charge in [0.25, 0.3) is 0 Å². The minimum atomic E-state index is -0.523. The van der Waals surface area contributed by atoms with Crippen LogP contribution in [0.2, 0.25) is 0 Å². The van der Waals surface area contributed by atoms with Crippen LogP contribution in [0.4, 0.5) is 5.69 Å². The molecule has 1 aliphatic carbocycles. The smallest absolute Gasteiger partial charge is 0.329 e. The largest absolute Gasteiger partial charge is 0.497 e. The van der Waals surface area contributed by atoms with E-state index in [9.17, 15) is 4.79 Å². The van der Waals surface area contributed by atoms with E-state index in [4.69, 9.17) is 14.2 Å². The summed E-state index contributed by atoms with van der Waals surface area (Å²) in [6, 6.07) is 14.9. The lowest BCUT2D eigenvalue weighted by molar-refractivity contribution is -0.156. The van der Waals surface area contributed by atoms with Gasteiger partial charge in [0.1, 0.15) is 23.6 Å². The summed E-state index contributed by atoms with van der Waals surface area (Å²) in [5.74, 6) is 2.75. The lowest BCUT2D eigenvalue weighted by Gasteiger charge is -2.37. The topological polar surface area (TPSA) is 56.8 Å². The molecule has 5 heteroatoms. The van der Waals surface area contributed by atoms with Gasteiger partial charge in [-0.1, -0.05) is 51.5 Å². The molecule has 0 aromatic heterocycles. The van der Waals surface area contributed by atoms with E-state index >= 15 is 0 Å². The number of nitrogens with one attached hydrogen (secondary N) is 1. The van der Waals surface area contributed by atoms with Crippen molar-refractivity contribution in [3.63, 3.8) is 0 Å². The number of anilines is 1. The molecule has 2 aromatic carbocycles. The molecular formula is C27H37NO4. The minimum absolute atomic E-state index is 0.0379. The van der Waals surface area contributed by atoms with Gasteiger partial charge in [0.15, 0.2) is 0 Å². The third-order valence-corrected chi connectivity index (χ3v) is 6.55. The van der Waals surface area contributed by atoms with Crippen molar-refractivity contribution >= 4 is 11.7 Å². The molecular weight excluding hydrogens is 402 g/mol. The van der Waals surface area contributed by atoms with Crippen LogP contribution in [0.25, 0.3) is 0 Å². The average Bonchev–Trinajstić information content (AvgIpc) is 2.79.